The normalized spacial score (nSPS) is 11.0. The number of hydrogen-bond acceptors (Lipinski definition) is 4. The molecule has 0 saturated carbocycles. The van der Waals surface area contributed by atoms with Gasteiger partial charge in [0.1, 0.15) is 5.75 Å². The number of benzene rings is 3. The third-order valence-corrected chi connectivity index (χ3v) is 5.51. The molecular weight excluding hydrogens is 388 g/mol. The Morgan fingerprint density at radius 1 is 0.862 bits per heavy atom. The Labute approximate surface area is 170 Å². The third-order valence-electron chi connectivity index (χ3n) is 4.11. The van der Waals surface area contributed by atoms with E-state index in [1.165, 1.54) is 24.3 Å². The molecule has 3 rings (SSSR count). The van der Waals surface area contributed by atoms with Gasteiger partial charge in [-0.2, -0.15) is 0 Å². The molecule has 0 aromatic heterocycles. The van der Waals surface area contributed by atoms with Crippen molar-refractivity contribution >= 4 is 27.3 Å². The Bertz CT molecular complexity index is 1090. The first-order valence-corrected chi connectivity index (χ1v) is 10.5. The van der Waals surface area contributed by atoms with Crippen molar-refractivity contribution in [2.75, 3.05) is 16.6 Å². The summed E-state index contributed by atoms with van der Waals surface area (Å²) in [5.41, 5.74) is 3.05. The lowest BCUT2D eigenvalue weighted by Gasteiger charge is -2.10. The van der Waals surface area contributed by atoms with E-state index in [4.69, 9.17) is 4.74 Å². The van der Waals surface area contributed by atoms with Crippen LogP contribution in [0, 0.1) is 13.8 Å². The summed E-state index contributed by atoms with van der Waals surface area (Å²) in [4.78, 5) is 12.2. The molecule has 0 spiro atoms. The molecule has 150 valence electrons. The first kappa shape index (κ1) is 20.4. The van der Waals surface area contributed by atoms with E-state index in [-0.39, 0.29) is 17.4 Å². The standard InChI is InChI=1S/C22H22N2O4S/c1-16-6-8-19(9-7-16)24-29(26,27)21-12-10-18(11-13-21)23-22(25)15-28-20-5-3-4-17(2)14-20/h3-14,24H,15H2,1-2H3,(H,23,25). The van der Waals surface area contributed by atoms with Crippen LogP contribution in [-0.2, 0) is 14.8 Å². The Morgan fingerprint density at radius 2 is 1.52 bits per heavy atom. The maximum Gasteiger partial charge on any atom is 0.262 e. The van der Waals surface area contributed by atoms with Crippen LogP contribution in [0.5, 0.6) is 5.75 Å². The van der Waals surface area contributed by atoms with Crippen LogP contribution in [-0.4, -0.2) is 20.9 Å². The molecule has 0 aliphatic rings. The average molecular weight is 410 g/mol. The van der Waals surface area contributed by atoms with Crippen LogP contribution >= 0.6 is 0 Å². The summed E-state index contributed by atoms with van der Waals surface area (Å²) in [5.74, 6) is 0.281. The maximum atomic E-state index is 12.5. The summed E-state index contributed by atoms with van der Waals surface area (Å²) in [6.07, 6.45) is 0. The second kappa shape index (κ2) is 8.79. The molecule has 0 heterocycles. The largest absolute Gasteiger partial charge is 0.484 e. The lowest BCUT2D eigenvalue weighted by Crippen LogP contribution is -2.20. The van der Waals surface area contributed by atoms with Crippen LogP contribution in [0.25, 0.3) is 0 Å². The molecule has 29 heavy (non-hydrogen) atoms. The molecule has 0 fully saturated rings. The van der Waals surface area contributed by atoms with Gasteiger partial charge in [0.25, 0.3) is 15.9 Å². The van der Waals surface area contributed by atoms with Gasteiger partial charge in [-0.15, -0.1) is 0 Å². The zero-order valence-corrected chi connectivity index (χ0v) is 17.0. The lowest BCUT2D eigenvalue weighted by atomic mass is 10.2. The van der Waals surface area contributed by atoms with E-state index in [0.29, 0.717) is 17.1 Å². The van der Waals surface area contributed by atoms with E-state index in [0.717, 1.165) is 11.1 Å². The van der Waals surface area contributed by atoms with E-state index in [2.05, 4.69) is 10.0 Å². The van der Waals surface area contributed by atoms with Gasteiger partial charge in [-0.3, -0.25) is 9.52 Å². The Hall–Kier alpha value is -3.32. The van der Waals surface area contributed by atoms with Crippen LogP contribution in [0.15, 0.2) is 77.7 Å². The Kier molecular flexibility index (Phi) is 6.19. The molecule has 0 unspecified atom stereocenters. The van der Waals surface area contributed by atoms with E-state index >= 15 is 0 Å². The Morgan fingerprint density at radius 3 is 2.17 bits per heavy atom. The van der Waals surface area contributed by atoms with Crippen molar-refractivity contribution in [2.45, 2.75) is 18.7 Å². The first-order valence-electron chi connectivity index (χ1n) is 9.01. The summed E-state index contributed by atoms with van der Waals surface area (Å²) in [6.45, 7) is 3.73. The van der Waals surface area contributed by atoms with Gasteiger partial charge in [-0.25, -0.2) is 8.42 Å². The van der Waals surface area contributed by atoms with Gasteiger partial charge < -0.3 is 10.1 Å². The van der Waals surface area contributed by atoms with Crippen LogP contribution in [0.1, 0.15) is 11.1 Å². The summed E-state index contributed by atoms with van der Waals surface area (Å²) in [5, 5.41) is 2.68. The lowest BCUT2D eigenvalue weighted by molar-refractivity contribution is -0.118. The minimum absolute atomic E-state index is 0.104. The summed E-state index contributed by atoms with van der Waals surface area (Å²) < 4.78 is 33.0. The zero-order chi connectivity index (χ0) is 20.9. The fourth-order valence-corrected chi connectivity index (χ4v) is 3.66. The molecular formula is C22H22N2O4S. The summed E-state index contributed by atoms with van der Waals surface area (Å²) in [7, 11) is -3.71. The molecule has 7 heteroatoms. The quantitative estimate of drug-likeness (QED) is 0.614. The van der Waals surface area contributed by atoms with E-state index in [1.807, 2.05) is 44.2 Å². The highest BCUT2D eigenvalue weighted by Crippen LogP contribution is 2.19. The van der Waals surface area contributed by atoms with Gasteiger partial charge in [0.15, 0.2) is 6.61 Å². The van der Waals surface area contributed by atoms with Crippen molar-refractivity contribution in [2.24, 2.45) is 0 Å². The van der Waals surface area contributed by atoms with E-state index in [9.17, 15) is 13.2 Å². The van der Waals surface area contributed by atoms with Gasteiger partial charge in [0, 0.05) is 11.4 Å². The van der Waals surface area contributed by atoms with Gasteiger partial charge in [-0.05, 0) is 67.9 Å². The first-order chi connectivity index (χ1) is 13.8. The molecule has 0 aliphatic heterocycles. The van der Waals surface area contributed by atoms with Crippen LogP contribution in [0.2, 0.25) is 0 Å². The highest BCUT2D eigenvalue weighted by atomic mass is 32.2. The fourth-order valence-electron chi connectivity index (χ4n) is 2.60. The number of carbonyl (C=O) groups is 1. The van der Waals surface area contributed by atoms with Crippen molar-refractivity contribution in [1.82, 2.24) is 0 Å². The molecule has 2 N–H and O–H groups in total. The molecule has 0 bridgehead atoms. The molecule has 0 radical (unpaired) electrons. The fraction of sp³-hybridized carbons (Fsp3) is 0.136. The van der Waals surface area contributed by atoms with Gasteiger partial charge in [0.05, 0.1) is 4.90 Å². The molecule has 0 aliphatic carbocycles. The summed E-state index contributed by atoms with van der Waals surface area (Å²) in [6, 6.07) is 20.4. The number of carbonyl (C=O) groups excluding carboxylic acids is 1. The number of ether oxygens (including phenoxy) is 1. The van der Waals surface area contributed by atoms with E-state index < -0.39 is 10.0 Å². The predicted octanol–water partition coefficient (Wildman–Crippen LogP) is 4.12. The molecule has 3 aromatic carbocycles. The minimum atomic E-state index is -3.71. The van der Waals surface area contributed by atoms with Crippen molar-refractivity contribution < 1.29 is 17.9 Å². The number of anilines is 2. The number of sulfonamides is 1. The molecule has 0 saturated heterocycles. The van der Waals surface area contributed by atoms with Gasteiger partial charge >= 0.3 is 0 Å². The van der Waals surface area contributed by atoms with Crippen LogP contribution in [0.3, 0.4) is 0 Å². The summed E-state index contributed by atoms with van der Waals surface area (Å²) >= 11 is 0. The number of hydrogen-bond donors (Lipinski definition) is 2. The minimum Gasteiger partial charge on any atom is -0.484 e. The second-order valence-electron chi connectivity index (χ2n) is 6.65. The third kappa shape index (κ3) is 5.83. The highest BCUT2D eigenvalue weighted by Gasteiger charge is 2.14. The molecule has 1 amide bonds. The van der Waals surface area contributed by atoms with Crippen LogP contribution in [0.4, 0.5) is 11.4 Å². The number of aryl methyl sites for hydroxylation is 2. The SMILES string of the molecule is Cc1ccc(NS(=O)(=O)c2ccc(NC(=O)COc3cccc(C)c3)cc2)cc1. The van der Waals surface area contributed by atoms with Crippen LogP contribution < -0.4 is 14.8 Å². The monoisotopic (exact) mass is 410 g/mol. The highest BCUT2D eigenvalue weighted by molar-refractivity contribution is 7.92. The molecule has 6 nitrogen and oxygen atoms in total. The number of rotatable bonds is 7. The predicted molar refractivity (Wildman–Crippen MR) is 114 cm³/mol. The molecule has 3 aromatic rings. The second-order valence-corrected chi connectivity index (χ2v) is 8.33. The van der Waals surface area contributed by atoms with Gasteiger partial charge in [0.2, 0.25) is 0 Å². The number of nitrogens with one attached hydrogen (secondary N) is 2. The topological polar surface area (TPSA) is 84.5 Å². The number of amides is 1. The Balaban J connectivity index is 1.58. The van der Waals surface area contributed by atoms with Crippen molar-refractivity contribution in [3.05, 3.63) is 83.9 Å². The average Bonchev–Trinajstić information content (AvgIpc) is 2.69. The van der Waals surface area contributed by atoms with E-state index in [1.54, 1.807) is 18.2 Å². The van der Waals surface area contributed by atoms with Crippen molar-refractivity contribution in [3.63, 3.8) is 0 Å². The maximum absolute atomic E-state index is 12.5. The zero-order valence-electron chi connectivity index (χ0n) is 16.2. The van der Waals surface area contributed by atoms with Gasteiger partial charge in [-0.1, -0.05) is 29.8 Å². The van der Waals surface area contributed by atoms with Crippen molar-refractivity contribution in [1.29, 1.82) is 0 Å². The van der Waals surface area contributed by atoms with Crippen molar-refractivity contribution in [3.8, 4) is 5.75 Å². The smallest absolute Gasteiger partial charge is 0.262 e. The molecule has 0 atom stereocenters.